The highest BCUT2D eigenvalue weighted by Gasteiger charge is 2.03. The number of carbonyl (C=O) groups is 1. The number of anilines is 2. The second-order valence-corrected chi connectivity index (χ2v) is 3.81. The van der Waals surface area contributed by atoms with Gasteiger partial charge in [-0.05, 0) is 31.0 Å². The molecule has 0 bridgehead atoms. The molecule has 0 heterocycles. The van der Waals surface area contributed by atoms with E-state index in [4.69, 9.17) is 5.73 Å². The molecule has 4 heteroatoms. The van der Waals surface area contributed by atoms with Gasteiger partial charge in [-0.1, -0.05) is 19.4 Å². The molecule has 0 fully saturated rings. The smallest absolute Gasteiger partial charge is 0.319 e. The first kappa shape index (κ1) is 12.4. The molecule has 0 aromatic heterocycles. The highest BCUT2D eigenvalue weighted by atomic mass is 16.2. The Hall–Kier alpha value is -1.71. The summed E-state index contributed by atoms with van der Waals surface area (Å²) in [5.74, 6) is 0. The molecule has 16 heavy (non-hydrogen) atoms. The molecule has 4 nitrogen and oxygen atoms in total. The summed E-state index contributed by atoms with van der Waals surface area (Å²) in [6.07, 6.45) is 2.06. The second-order valence-electron chi connectivity index (χ2n) is 3.81. The number of urea groups is 1. The minimum absolute atomic E-state index is 0.179. The van der Waals surface area contributed by atoms with E-state index in [1.54, 1.807) is 6.07 Å². The van der Waals surface area contributed by atoms with Gasteiger partial charge < -0.3 is 16.4 Å². The molecule has 0 aliphatic carbocycles. The van der Waals surface area contributed by atoms with Gasteiger partial charge in [0.2, 0.25) is 0 Å². The molecule has 1 aromatic carbocycles. The largest absolute Gasteiger partial charge is 0.399 e. The number of aryl methyl sites for hydroxylation is 1. The Kier molecular flexibility index (Phi) is 4.64. The predicted octanol–water partition coefficient (Wildman–Crippen LogP) is 2.50. The minimum Gasteiger partial charge on any atom is -0.399 e. The van der Waals surface area contributed by atoms with Gasteiger partial charge in [0.15, 0.2) is 0 Å². The predicted molar refractivity (Wildman–Crippen MR) is 67.5 cm³/mol. The first-order valence-corrected chi connectivity index (χ1v) is 5.54. The summed E-state index contributed by atoms with van der Waals surface area (Å²) in [5, 5.41) is 5.57. The molecule has 0 saturated carbocycles. The molecule has 0 aliphatic rings. The standard InChI is InChI=1S/C12H19N3O/c1-3-4-7-14-12(16)15-11-8-10(13)6-5-9(11)2/h5-6,8H,3-4,7,13H2,1-2H3,(H2,14,15,16). The fourth-order valence-electron chi connectivity index (χ4n) is 1.32. The van der Waals surface area contributed by atoms with E-state index in [0.29, 0.717) is 12.2 Å². The Bertz CT molecular complexity index is 363. The van der Waals surface area contributed by atoms with Crippen LogP contribution in [-0.2, 0) is 0 Å². The van der Waals surface area contributed by atoms with E-state index >= 15 is 0 Å². The zero-order chi connectivity index (χ0) is 12.0. The lowest BCUT2D eigenvalue weighted by Crippen LogP contribution is -2.29. The summed E-state index contributed by atoms with van der Waals surface area (Å²) >= 11 is 0. The number of nitrogens with two attached hydrogens (primary N) is 1. The van der Waals surface area contributed by atoms with E-state index < -0.39 is 0 Å². The Morgan fingerprint density at radius 2 is 2.19 bits per heavy atom. The van der Waals surface area contributed by atoms with Crippen LogP contribution in [0.5, 0.6) is 0 Å². The molecular formula is C12H19N3O. The fraction of sp³-hybridized carbons (Fsp3) is 0.417. The van der Waals surface area contributed by atoms with Crippen LogP contribution in [-0.4, -0.2) is 12.6 Å². The molecule has 0 spiro atoms. The molecule has 2 amide bonds. The molecule has 0 radical (unpaired) electrons. The van der Waals surface area contributed by atoms with Crippen molar-refractivity contribution in [3.8, 4) is 0 Å². The summed E-state index contributed by atoms with van der Waals surface area (Å²) < 4.78 is 0. The number of nitrogen functional groups attached to an aromatic ring is 1. The van der Waals surface area contributed by atoms with E-state index in [0.717, 1.165) is 24.1 Å². The normalized spacial score (nSPS) is 9.88. The molecule has 0 aliphatic heterocycles. The summed E-state index contributed by atoms with van der Waals surface area (Å²) in [4.78, 5) is 11.5. The zero-order valence-corrected chi connectivity index (χ0v) is 9.84. The maximum absolute atomic E-state index is 11.5. The van der Waals surface area contributed by atoms with E-state index in [2.05, 4.69) is 17.6 Å². The first-order valence-electron chi connectivity index (χ1n) is 5.54. The first-order chi connectivity index (χ1) is 7.63. The average molecular weight is 221 g/mol. The van der Waals surface area contributed by atoms with E-state index in [1.165, 1.54) is 0 Å². The van der Waals surface area contributed by atoms with Gasteiger partial charge in [-0.3, -0.25) is 0 Å². The third kappa shape index (κ3) is 3.81. The van der Waals surface area contributed by atoms with Crippen molar-refractivity contribution in [3.05, 3.63) is 23.8 Å². The SMILES string of the molecule is CCCCNC(=O)Nc1cc(N)ccc1C. The van der Waals surface area contributed by atoms with Crippen LogP contribution < -0.4 is 16.4 Å². The van der Waals surface area contributed by atoms with Gasteiger partial charge in [0.1, 0.15) is 0 Å². The molecule has 88 valence electrons. The monoisotopic (exact) mass is 221 g/mol. The number of hydrogen-bond donors (Lipinski definition) is 3. The number of rotatable bonds is 4. The summed E-state index contributed by atoms with van der Waals surface area (Å²) in [7, 11) is 0. The van der Waals surface area contributed by atoms with Gasteiger partial charge >= 0.3 is 6.03 Å². The van der Waals surface area contributed by atoms with Crippen LogP contribution in [0.4, 0.5) is 16.2 Å². The van der Waals surface area contributed by atoms with Crippen molar-refractivity contribution in [3.63, 3.8) is 0 Å². The molecule has 0 saturated heterocycles. The van der Waals surface area contributed by atoms with Crippen molar-refractivity contribution in [1.82, 2.24) is 5.32 Å². The van der Waals surface area contributed by atoms with Crippen LogP contribution in [0.25, 0.3) is 0 Å². The number of carbonyl (C=O) groups excluding carboxylic acids is 1. The van der Waals surface area contributed by atoms with Gasteiger partial charge in [0.05, 0.1) is 0 Å². The zero-order valence-electron chi connectivity index (χ0n) is 9.84. The highest BCUT2D eigenvalue weighted by molar-refractivity contribution is 5.90. The lowest BCUT2D eigenvalue weighted by molar-refractivity contribution is 0.252. The second kappa shape index (κ2) is 6.00. The van der Waals surface area contributed by atoms with E-state index in [1.807, 2.05) is 19.1 Å². The minimum atomic E-state index is -0.179. The number of benzene rings is 1. The third-order valence-corrected chi connectivity index (χ3v) is 2.33. The number of amides is 2. The van der Waals surface area contributed by atoms with Gasteiger partial charge in [0, 0.05) is 17.9 Å². The van der Waals surface area contributed by atoms with Gasteiger partial charge in [-0.15, -0.1) is 0 Å². The van der Waals surface area contributed by atoms with Crippen molar-refractivity contribution in [2.24, 2.45) is 0 Å². The number of nitrogens with one attached hydrogen (secondary N) is 2. The molecule has 0 unspecified atom stereocenters. The van der Waals surface area contributed by atoms with E-state index in [-0.39, 0.29) is 6.03 Å². The summed E-state index contributed by atoms with van der Waals surface area (Å²) in [5.41, 5.74) is 8.06. The molecule has 1 rings (SSSR count). The molecule has 4 N–H and O–H groups in total. The van der Waals surface area contributed by atoms with Crippen molar-refractivity contribution in [2.75, 3.05) is 17.6 Å². The molecule has 1 aromatic rings. The topological polar surface area (TPSA) is 67.2 Å². The van der Waals surface area contributed by atoms with Crippen molar-refractivity contribution in [2.45, 2.75) is 26.7 Å². The van der Waals surface area contributed by atoms with Crippen LogP contribution in [0.3, 0.4) is 0 Å². The van der Waals surface area contributed by atoms with Gasteiger partial charge in [0.25, 0.3) is 0 Å². The van der Waals surface area contributed by atoms with Crippen LogP contribution in [0.2, 0.25) is 0 Å². The van der Waals surface area contributed by atoms with Gasteiger partial charge in [-0.25, -0.2) is 4.79 Å². The Balaban J connectivity index is 2.52. The van der Waals surface area contributed by atoms with Crippen LogP contribution in [0.1, 0.15) is 25.3 Å². The lowest BCUT2D eigenvalue weighted by atomic mass is 10.2. The average Bonchev–Trinajstić information content (AvgIpc) is 2.24. The van der Waals surface area contributed by atoms with Crippen LogP contribution in [0.15, 0.2) is 18.2 Å². The lowest BCUT2D eigenvalue weighted by Gasteiger charge is -2.10. The highest BCUT2D eigenvalue weighted by Crippen LogP contribution is 2.17. The van der Waals surface area contributed by atoms with Crippen LogP contribution >= 0.6 is 0 Å². The maximum Gasteiger partial charge on any atom is 0.319 e. The number of hydrogen-bond acceptors (Lipinski definition) is 2. The number of unbranched alkanes of at least 4 members (excludes halogenated alkanes) is 1. The molecule has 0 atom stereocenters. The summed E-state index contributed by atoms with van der Waals surface area (Å²) in [6.45, 7) is 4.71. The van der Waals surface area contributed by atoms with E-state index in [9.17, 15) is 4.79 Å². The summed E-state index contributed by atoms with van der Waals surface area (Å²) in [6, 6.07) is 5.28. The molecular weight excluding hydrogens is 202 g/mol. The fourth-order valence-corrected chi connectivity index (χ4v) is 1.32. The van der Waals surface area contributed by atoms with Gasteiger partial charge in [-0.2, -0.15) is 0 Å². The van der Waals surface area contributed by atoms with Crippen molar-refractivity contribution >= 4 is 17.4 Å². The maximum atomic E-state index is 11.5. The Morgan fingerprint density at radius 1 is 1.44 bits per heavy atom. The van der Waals surface area contributed by atoms with Crippen molar-refractivity contribution in [1.29, 1.82) is 0 Å². The third-order valence-electron chi connectivity index (χ3n) is 2.33. The van der Waals surface area contributed by atoms with Crippen LogP contribution in [0, 0.1) is 6.92 Å². The van der Waals surface area contributed by atoms with Crippen molar-refractivity contribution < 1.29 is 4.79 Å². The quantitative estimate of drug-likeness (QED) is 0.540. The Labute approximate surface area is 96.2 Å². The Morgan fingerprint density at radius 3 is 2.88 bits per heavy atom.